The Morgan fingerprint density at radius 2 is 1.61 bits per heavy atom. The van der Waals surface area contributed by atoms with Gasteiger partial charge in [0.25, 0.3) is 0 Å². The molecule has 3 rings (SSSR count). The minimum absolute atomic E-state index is 0.254. The Kier molecular flexibility index (Phi) is 4.99. The van der Waals surface area contributed by atoms with E-state index in [1.807, 2.05) is 12.1 Å². The number of halogens is 3. The van der Waals surface area contributed by atoms with E-state index in [2.05, 4.69) is 10.5 Å². The van der Waals surface area contributed by atoms with Crippen molar-refractivity contribution in [2.45, 2.75) is 25.4 Å². The molecule has 0 atom stereocenters. The van der Waals surface area contributed by atoms with Gasteiger partial charge in [-0.05, 0) is 24.8 Å². The minimum Gasteiger partial charge on any atom is -0.266 e. The lowest BCUT2D eigenvalue weighted by Gasteiger charge is -2.17. The lowest BCUT2D eigenvalue weighted by molar-refractivity contribution is -0.392. The maximum absolute atomic E-state index is 13.0. The summed E-state index contributed by atoms with van der Waals surface area (Å²) in [4.78, 5) is 20.3. The van der Waals surface area contributed by atoms with Gasteiger partial charge in [0.2, 0.25) is 5.69 Å². The number of nitrogens with zero attached hydrogens (tertiary/aromatic N) is 3. The zero-order valence-electron chi connectivity index (χ0n) is 14.2. The predicted molar refractivity (Wildman–Crippen MR) is 94.3 cm³/mol. The normalized spacial score (nSPS) is 15.2. The summed E-state index contributed by atoms with van der Waals surface area (Å²) in [5.74, 6) is 0. The van der Waals surface area contributed by atoms with Crippen LogP contribution in [0.2, 0.25) is 0 Å². The van der Waals surface area contributed by atoms with Crippen molar-refractivity contribution in [1.82, 2.24) is 0 Å². The molecular weight excluding hydrogens is 381 g/mol. The van der Waals surface area contributed by atoms with Crippen LogP contribution in [0, 0.1) is 20.2 Å². The number of aryl methyl sites for hydroxylation is 1. The molecule has 28 heavy (non-hydrogen) atoms. The SMILES string of the molecule is O=[N+]([O-])c1cc(C(F)(F)F)cc([N+](=O)[O-])c1N/N=C1/CCCc2ccccc21. The van der Waals surface area contributed by atoms with Crippen molar-refractivity contribution in [1.29, 1.82) is 0 Å². The molecule has 8 nitrogen and oxygen atoms in total. The van der Waals surface area contributed by atoms with E-state index in [4.69, 9.17) is 0 Å². The molecule has 0 radical (unpaired) electrons. The van der Waals surface area contributed by atoms with Crippen LogP contribution >= 0.6 is 0 Å². The van der Waals surface area contributed by atoms with Crippen molar-refractivity contribution in [2.24, 2.45) is 5.10 Å². The van der Waals surface area contributed by atoms with Crippen molar-refractivity contribution in [3.05, 3.63) is 73.3 Å². The summed E-state index contributed by atoms with van der Waals surface area (Å²) in [5, 5.41) is 26.6. The second kappa shape index (κ2) is 7.25. The maximum atomic E-state index is 13.0. The first-order chi connectivity index (χ1) is 13.2. The fraction of sp³-hybridized carbons (Fsp3) is 0.235. The molecule has 0 saturated carbocycles. The second-order valence-corrected chi connectivity index (χ2v) is 6.08. The number of anilines is 1. The Hall–Kier alpha value is -3.50. The standard InChI is InChI=1S/C17H13F3N4O4/c18-17(19,20)11-8-14(23(25)26)16(15(9-11)24(27)28)22-21-13-7-3-5-10-4-1-2-6-12(10)13/h1-2,4,6,8-9,22H,3,5,7H2/b21-13-. The first-order valence-corrected chi connectivity index (χ1v) is 8.13. The summed E-state index contributed by atoms with van der Waals surface area (Å²) < 4.78 is 38.9. The van der Waals surface area contributed by atoms with Crippen molar-refractivity contribution >= 4 is 22.8 Å². The zero-order chi connectivity index (χ0) is 20.5. The summed E-state index contributed by atoms with van der Waals surface area (Å²) in [6, 6.07) is 7.83. The van der Waals surface area contributed by atoms with Crippen molar-refractivity contribution < 1.29 is 23.0 Å². The zero-order valence-corrected chi connectivity index (χ0v) is 14.2. The topological polar surface area (TPSA) is 111 Å². The van der Waals surface area contributed by atoms with Crippen molar-refractivity contribution in [3.8, 4) is 0 Å². The molecule has 0 saturated heterocycles. The van der Waals surface area contributed by atoms with Gasteiger partial charge in [0.05, 0.1) is 21.1 Å². The molecule has 0 fully saturated rings. The van der Waals surface area contributed by atoms with Gasteiger partial charge in [-0.25, -0.2) is 0 Å². The fourth-order valence-corrected chi connectivity index (χ4v) is 3.02. The number of fused-ring (bicyclic) bond motifs is 1. The molecule has 0 unspecified atom stereocenters. The van der Waals surface area contributed by atoms with Crippen LogP contribution in [0.4, 0.5) is 30.2 Å². The third kappa shape index (κ3) is 3.77. The molecule has 0 amide bonds. The van der Waals surface area contributed by atoms with Gasteiger partial charge in [-0.2, -0.15) is 18.3 Å². The third-order valence-corrected chi connectivity index (χ3v) is 4.31. The summed E-state index contributed by atoms with van der Waals surface area (Å²) in [5.41, 5.74) is 0.262. The van der Waals surface area contributed by atoms with Gasteiger partial charge in [-0.1, -0.05) is 24.3 Å². The van der Waals surface area contributed by atoms with Gasteiger partial charge in [0.1, 0.15) is 0 Å². The highest BCUT2D eigenvalue weighted by atomic mass is 19.4. The van der Waals surface area contributed by atoms with E-state index >= 15 is 0 Å². The molecule has 0 heterocycles. The number of rotatable bonds is 4. The van der Waals surface area contributed by atoms with Crippen LogP contribution in [0.25, 0.3) is 0 Å². The molecule has 1 aliphatic rings. The van der Waals surface area contributed by atoms with Crippen LogP contribution < -0.4 is 5.43 Å². The van der Waals surface area contributed by atoms with Gasteiger partial charge in [-0.15, -0.1) is 0 Å². The van der Waals surface area contributed by atoms with E-state index in [-0.39, 0.29) is 12.1 Å². The van der Waals surface area contributed by atoms with E-state index in [0.29, 0.717) is 12.1 Å². The van der Waals surface area contributed by atoms with Crippen LogP contribution in [-0.2, 0) is 12.6 Å². The van der Waals surface area contributed by atoms with Crippen LogP contribution in [-0.4, -0.2) is 15.6 Å². The molecule has 11 heteroatoms. The number of benzene rings is 2. The molecule has 1 aliphatic carbocycles. The fourth-order valence-electron chi connectivity index (χ4n) is 3.02. The highest BCUT2D eigenvalue weighted by Gasteiger charge is 2.37. The van der Waals surface area contributed by atoms with Gasteiger partial charge >= 0.3 is 17.6 Å². The molecule has 0 spiro atoms. The van der Waals surface area contributed by atoms with Gasteiger partial charge < -0.3 is 0 Å². The van der Waals surface area contributed by atoms with Crippen LogP contribution in [0.3, 0.4) is 0 Å². The molecule has 0 bridgehead atoms. The Balaban J connectivity index is 2.09. The molecule has 2 aromatic carbocycles. The third-order valence-electron chi connectivity index (χ3n) is 4.31. The van der Waals surface area contributed by atoms with Crippen LogP contribution in [0.1, 0.15) is 29.5 Å². The number of alkyl halides is 3. The van der Waals surface area contributed by atoms with Crippen molar-refractivity contribution in [3.63, 3.8) is 0 Å². The molecule has 0 aromatic heterocycles. The average Bonchev–Trinajstić information content (AvgIpc) is 2.64. The molecule has 2 aromatic rings. The summed E-state index contributed by atoms with van der Waals surface area (Å²) in [7, 11) is 0. The Morgan fingerprint density at radius 3 is 2.18 bits per heavy atom. The Morgan fingerprint density at radius 1 is 1.00 bits per heavy atom. The molecular formula is C17H13F3N4O4. The number of hydrogen-bond donors (Lipinski definition) is 1. The highest BCUT2D eigenvalue weighted by Crippen LogP contribution is 2.41. The summed E-state index contributed by atoms with van der Waals surface area (Å²) >= 11 is 0. The van der Waals surface area contributed by atoms with E-state index < -0.39 is 38.6 Å². The smallest absolute Gasteiger partial charge is 0.266 e. The number of nitrogens with one attached hydrogen (secondary N) is 1. The molecule has 0 aliphatic heterocycles. The highest BCUT2D eigenvalue weighted by molar-refractivity contribution is 6.03. The molecule has 1 N–H and O–H groups in total. The monoisotopic (exact) mass is 394 g/mol. The van der Waals surface area contributed by atoms with Crippen LogP contribution in [0.15, 0.2) is 41.5 Å². The summed E-state index contributed by atoms with van der Waals surface area (Å²) in [6.45, 7) is 0. The van der Waals surface area contributed by atoms with E-state index in [0.717, 1.165) is 24.0 Å². The van der Waals surface area contributed by atoms with Crippen molar-refractivity contribution in [2.75, 3.05) is 5.43 Å². The van der Waals surface area contributed by atoms with E-state index in [1.54, 1.807) is 12.1 Å². The van der Waals surface area contributed by atoms with Gasteiger partial charge in [-0.3, -0.25) is 25.7 Å². The average molecular weight is 394 g/mol. The Bertz CT molecular complexity index is 954. The first-order valence-electron chi connectivity index (χ1n) is 8.13. The second-order valence-electron chi connectivity index (χ2n) is 6.08. The number of nitro groups is 2. The predicted octanol–water partition coefficient (Wildman–Crippen LogP) is 4.67. The van der Waals surface area contributed by atoms with E-state index in [9.17, 15) is 33.4 Å². The quantitative estimate of drug-likeness (QED) is 0.598. The molecule has 146 valence electrons. The number of hydrogen-bond acceptors (Lipinski definition) is 6. The Labute approximate surface area is 156 Å². The number of hydrazone groups is 1. The van der Waals surface area contributed by atoms with Crippen LogP contribution in [0.5, 0.6) is 0 Å². The van der Waals surface area contributed by atoms with Gasteiger partial charge in [0, 0.05) is 17.7 Å². The van der Waals surface area contributed by atoms with Gasteiger partial charge in [0.15, 0.2) is 0 Å². The number of nitro benzene ring substituents is 2. The maximum Gasteiger partial charge on any atom is 0.416 e. The lowest BCUT2D eigenvalue weighted by atomic mass is 9.90. The minimum atomic E-state index is -4.97. The first kappa shape index (κ1) is 19.3. The lowest BCUT2D eigenvalue weighted by Crippen LogP contribution is -2.14. The summed E-state index contributed by atoms with van der Waals surface area (Å²) in [6.07, 6.45) is -2.88. The largest absolute Gasteiger partial charge is 0.416 e. The van der Waals surface area contributed by atoms with E-state index in [1.165, 1.54) is 0 Å².